The molecule has 0 fully saturated rings. The number of halogens is 1. The highest BCUT2D eigenvalue weighted by Crippen LogP contribution is 2.33. The van der Waals surface area contributed by atoms with Crippen LogP contribution in [0.4, 0.5) is 15.8 Å². The van der Waals surface area contributed by atoms with Gasteiger partial charge in [0.1, 0.15) is 17.3 Å². The first kappa shape index (κ1) is 14.8. The molecule has 6 heteroatoms. The molecular formula is C15H15FN2O3. The number of hydrogen-bond acceptors (Lipinski definition) is 4. The van der Waals surface area contributed by atoms with E-state index in [4.69, 9.17) is 0 Å². The fraction of sp³-hybridized carbons (Fsp3) is 0.200. The van der Waals surface area contributed by atoms with Crippen LogP contribution in [0, 0.1) is 15.9 Å². The largest absolute Gasteiger partial charge is 0.508 e. The van der Waals surface area contributed by atoms with E-state index in [0.29, 0.717) is 12.0 Å². The molecule has 0 aliphatic heterocycles. The standard InChI is InChI=1S/C15H15FN2O3/c1-2-12(11-5-3-4-6-15(11)19)17-13-9-10(16)7-8-14(13)18(20)21/h3-9,12,17,19H,2H2,1H3. The number of nitrogens with one attached hydrogen (secondary N) is 1. The highest BCUT2D eigenvalue weighted by atomic mass is 19.1. The summed E-state index contributed by atoms with van der Waals surface area (Å²) in [5, 5.41) is 23.8. The molecule has 110 valence electrons. The molecule has 1 unspecified atom stereocenters. The lowest BCUT2D eigenvalue weighted by atomic mass is 10.0. The second-order valence-electron chi connectivity index (χ2n) is 4.58. The molecule has 0 radical (unpaired) electrons. The van der Waals surface area contributed by atoms with Crippen molar-refractivity contribution in [3.63, 3.8) is 0 Å². The van der Waals surface area contributed by atoms with Crippen molar-refractivity contribution in [1.82, 2.24) is 0 Å². The summed E-state index contributed by atoms with van der Waals surface area (Å²) in [4.78, 5) is 10.4. The Bertz CT molecular complexity index is 661. The molecule has 2 aromatic rings. The Balaban J connectivity index is 2.37. The number of benzene rings is 2. The van der Waals surface area contributed by atoms with E-state index in [9.17, 15) is 19.6 Å². The van der Waals surface area contributed by atoms with E-state index in [0.717, 1.165) is 18.2 Å². The number of phenols is 1. The molecule has 0 bridgehead atoms. The smallest absolute Gasteiger partial charge is 0.292 e. The van der Waals surface area contributed by atoms with E-state index in [1.165, 1.54) is 0 Å². The number of nitro groups is 1. The molecule has 2 aromatic carbocycles. The van der Waals surface area contributed by atoms with Crippen LogP contribution in [0.15, 0.2) is 42.5 Å². The third kappa shape index (κ3) is 3.28. The summed E-state index contributed by atoms with van der Waals surface area (Å²) in [5.74, 6) is -0.467. The molecular weight excluding hydrogens is 275 g/mol. The number of anilines is 1. The lowest BCUT2D eigenvalue weighted by molar-refractivity contribution is -0.384. The van der Waals surface area contributed by atoms with Gasteiger partial charge in [0.15, 0.2) is 0 Å². The summed E-state index contributed by atoms with van der Waals surface area (Å²) >= 11 is 0. The molecule has 0 aromatic heterocycles. The second kappa shape index (κ2) is 6.21. The molecule has 0 aliphatic carbocycles. The molecule has 0 aliphatic rings. The summed E-state index contributed by atoms with van der Waals surface area (Å²) < 4.78 is 13.3. The molecule has 0 saturated carbocycles. The molecule has 0 heterocycles. The Morgan fingerprint density at radius 2 is 2.05 bits per heavy atom. The van der Waals surface area contributed by atoms with Crippen LogP contribution in [0.3, 0.4) is 0 Å². The Labute approximate surface area is 121 Å². The summed E-state index contributed by atoms with van der Waals surface area (Å²) in [6, 6.07) is 9.61. The third-order valence-electron chi connectivity index (χ3n) is 3.21. The Morgan fingerprint density at radius 1 is 1.33 bits per heavy atom. The van der Waals surface area contributed by atoms with Crippen LogP contribution in [0.5, 0.6) is 5.75 Å². The monoisotopic (exact) mass is 290 g/mol. The number of aromatic hydroxyl groups is 1. The molecule has 2 N–H and O–H groups in total. The van der Waals surface area contributed by atoms with Gasteiger partial charge < -0.3 is 10.4 Å². The zero-order valence-corrected chi connectivity index (χ0v) is 11.4. The minimum Gasteiger partial charge on any atom is -0.508 e. The molecule has 0 spiro atoms. The van der Waals surface area contributed by atoms with Crippen molar-refractivity contribution in [1.29, 1.82) is 0 Å². The van der Waals surface area contributed by atoms with Crippen LogP contribution in [-0.4, -0.2) is 10.0 Å². The zero-order valence-electron chi connectivity index (χ0n) is 11.4. The average Bonchev–Trinajstić information content (AvgIpc) is 2.45. The summed E-state index contributed by atoms with van der Waals surface area (Å²) in [6.45, 7) is 1.87. The number of rotatable bonds is 5. The Hall–Kier alpha value is -2.63. The first-order valence-electron chi connectivity index (χ1n) is 6.51. The highest BCUT2D eigenvalue weighted by molar-refractivity contribution is 5.62. The van der Waals surface area contributed by atoms with Crippen molar-refractivity contribution in [3.05, 3.63) is 64.0 Å². The first-order chi connectivity index (χ1) is 10.0. The Kier molecular flexibility index (Phi) is 4.37. The fourth-order valence-electron chi connectivity index (χ4n) is 2.15. The van der Waals surface area contributed by atoms with Crippen LogP contribution in [0.1, 0.15) is 24.9 Å². The normalized spacial score (nSPS) is 11.9. The number of para-hydroxylation sites is 1. The quantitative estimate of drug-likeness (QED) is 0.644. The van der Waals surface area contributed by atoms with E-state index < -0.39 is 10.7 Å². The van der Waals surface area contributed by atoms with E-state index in [2.05, 4.69) is 5.32 Å². The summed E-state index contributed by atoms with van der Waals surface area (Å²) in [7, 11) is 0. The van der Waals surface area contributed by atoms with Gasteiger partial charge in [-0.2, -0.15) is 0 Å². The molecule has 21 heavy (non-hydrogen) atoms. The highest BCUT2D eigenvalue weighted by Gasteiger charge is 2.19. The van der Waals surface area contributed by atoms with Crippen LogP contribution in [0.25, 0.3) is 0 Å². The minimum atomic E-state index is -0.570. The van der Waals surface area contributed by atoms with Crippen molar-refractivity contribution in [2.45, 2.75) is 19.4 Å². The van der Waals surface area contributed by atoms with E-state index >= 15 is 0 Å². The van der Waals surface area contributed by atoms with Crippen LogP contribution >= 0.6 is 0 Å². The van der Waals surface area contributed by atoms with Gasteiger partial charge in [0.25, 0.3) is 5.69 Å². The van der Waals surface area contributed by atoms with Gasteiger partial charge in [-0.3, -0.25) is 10.1 Å². The topological polar surface area (TPSA) is 75.4 Å². The van der Waals surface area contributed by atoms with Gasteiger partial charge in [0, 0.05) is 17.7 Å². The molecule has 2 rings (SSSR count). The van der Waals surface area contributed by atoms with Gasteiger partial charge in [-0.1, -0.05) is 25.1 Å². The number of nitrogens with zero attached hydrogens (tertiary/aromatic N) is 1. The predicted molar refractivity (Wildman–Crippen MR) is 77.8 cm³/mol. The van der Waals surface area contributed by atoms with Crippen LogP contribution in [0.2, 0.25) is 0 Å². The lowest BCUT2D eigenvalue weighted by Gasteiger charge is -2.19. The second-order valence-corrected chi connectivity index (χ2v) is 4.58. The maximum atomic E-state index is 13.3. The van der Waals surface area contributed by atoms with E-state index in [-0.39, 0.29) is 23.2 Å². The van der Waals surface area contributed by atoms with Gasteiger partial charge in [-0.25, -0.2) is 4.39 Å². The van der Waals surface area contributed by atoms with Gasteiger partial charge in [0.05, 0.1) is 11.0 Å². The maximum absolute atomic E-state index is 13.3. The SMILES string of the molecule is CCC(Nc1cc(F)ccc1[N+](=O)[O-])c1ccccc1O. The molecule has 5 nitrogen and oxygen atoms in total. The molecule has 0 amide bonds. The van der Waals surface area contributed by atoms with Crippen molar-refractivity contribution in [2.24, 2.45) is 0 Å². The van der Waals surface area contributed by atoms with Gasteiger partial charge in [-0.15, -0.1) is 0 Å². The fourth-order valence-corrected chi connectivity index (χ4v) is 2.15. The van der Waals surface area contributed by atoms with Crippen molar-refractivity contribution in [3.8, 4) is 5.75 Å². The molecule has 0 saturated heterocycles. The summed E-state index contributed by atoms with van der Waals surface area (Å²) in [5.41, 5.74) is 0.499. The third-order valence-corrected chi connectivity index (χ3v) is 3.21. The predicted octanol–water partition coefficient (Wildman–Crippen LogP) is 4.00. The first-order valence-corrected chi connectivity index (χ1v) is 6.51. The summed E-state index contributed by atoms with van der Waals surface area (Å²) in [6.07, 6.45) is 0.575. The van der Waals surface area contributed by atoms with Crippen molar-refractivity contribution < 1.29 is 14.4 Å². The minimum absolute atomic E-state index is 0.0927. The number of phenolic OH excluding ortho intramolecular Hbond substituents is 1. The molecule has 1 atom stereocenters. The van der Waals surface area contributed by atoms with Gasteiger partial charge in [0.2, 0.25) is 0 Å². The zero-order chi connectivity index (χ0) is 15.4. The van der Waals surface area contributed by atoms with Crippen molar-refractivity contribution in [2.75, 3.05) is 5.32 Å². The van der Waals surface area contributed by atoms with E-state index in [1.807, 2.05) is 6.92 Å². The van der Waals surface area contributed by atoms with Crippen molar-refractivity contribution >= 4 is 11.4 Å². The van der Waals surface area contributed by atoms with E-state index in [1.54, 1.807) is 24.3 Å². The maximum Gasteiger partial charge on any atom is 0.292 e. The lowest BCUT2D eigenvalue weighted by Crippen LogP contribution is -2.11. The van der Waals surface area contributed by atoms with Gasteiger partial charge >= 0.3 is 0 Å². The number of nitro benzene ring substituents is 1. The van der Waals surface area contributed by atoms with Crippen LogP contribution in [-0.2, 0) is 0 Å². The average molecular weight is 290 g/mol. The van der Waals surface area contributed by atoms with Crippen LogP contribution < -0.4 is 5.32 Å². The Morgan fingerprint density at radius 3 is 2.67 bits per heavy atom. The van der Waals surface area contributed by atoms with Gasteiger partial charge in [-0.05, 0) is 18.6 Å². The number of hydrogen-bond donors (Lipinski definition) is 2.